The van der Waals surface area contributed by atoms with Crippen LogP contribution in [0.25, 0.3) is 0 Å². The third kappa shape index (κ3) is 4.36. The molecule has 1 atom stereocenters. The van der Waals surface area contributed by atoms with Gasteiger partial charge in [0.25, 0.3) is 0 Å². The molecule has 0 spiro atoms. The number of phenolic OH excluding ortho intramolecular Hbond substituents is 1. The smallest absolute Gasteiger partial charge is 0.120 e. The zero-order chi connectivity index (χ0) is 16.8. The SMILES string of the molecule is C=C(C)NC(CC(=N)c1cccc(OC)c1)c1ccccc1O. The first-order chi connectivity index (χ1) is 11.0. The van der Waals surface area contributed by atoms with Gasteiger partial charge in [-0.1, -0.05) is 36.9 Å². The fourth-order valence-corrected chi connectivity index (χ4v) is 2.45. The van der Waals surface area contributed by atoms with E-state index in [1.165, 1.54) is 0 Å². The van der Waals surface area contributed by atoms with Crippen LogP contribution in [-0.2, 0) is 0 Å². The monoisotopic (exact) mass is 310 g/mol. The van der Waals surface area contributed by atoms with Crippen LogP contribution < -0.4 is 10.1 Å². The van der Waals surface area contributed by atoms with E-state index < -0.39 is 0 Å². The molecule has 0 amide bonds. The van der Waals surface area contributed by atoms with Crippen LogP contribution in [0.15, 0.2) is 60.8 Å². The van der Waals surface area contributed by atoms with Gasteiger partial charge in [-0.15, -0.1) is 0 Å². The van der Waals surface area contributed by atoms with Crippen LogP contribution in [0.3, 0.4) is 0 Å². The molecule has 0 fully saturated rings. The van der Waals surface area contributed by atoms with Crippen molar-refractivity contribution in [3.05, 3.63) is 71.9 Å². The van der Waals surface area contributed by atoms with Gasteiger partial charge >= 0.3 is 0 Å². The van der Waals surface area contributed by atoms with Crippen molar-refractivity contribution in [3.63, 3.8) is 0 Å². The molecule has 0 aliphatic heterocycles. The summed E-state index contributed by atoms with van der Waals surface area (Å²) < 4.78 is 5.21. The van der Waals surface area contributed by atoms with Gasteiger partial charge in [-0.25, -0.2) is 0 Å². The minimum absolute atomic E-state index is 0.213. The van der Waals surface area contributed by atoms with E-state index >= 15 is 0 Å². The molecule has 0 radical (unpaired) electrons. The Morgan fingerprint density at radius 2 is 2.00 bits per heavy atom. The van der Waals surface area contributed by atoms with Crippen molar-refractivity contribution in [1.29, 1.82) is 5.41 Å². The number of para-hydroxylation sites is 1. The molecule has 0 bridgehead atoms. The standard InChI is InChI=1S/C19H22N2O2/c1-13(2)21-18(16-9-4-5-10-19(16)22)12-17(20)14-7-6-8-15(11-14)23-3/h4-11,18,20-22H,1,12H2,2-3H3. The number of nitrogens with one attached hydrogen (secondary N) is 2. The van der Waals surface area contributed by atoms with Crippen LogP contribution in [0.1, 0.15) is 30.5 Å². The predicted octanol–water partition coefficient (Wildman–Crippen LogP) is 4.02. The first kappa shape index (κ1) is 16.6. The van der Waals surface area contributed by atoms with Gasteiger partial charge in [0.1, 0.15) is 11.5 Å². The third-order valence-electron chi connectivity index (χ3n) is 3.56. The zero-order valence-electron chi connectivity index (χ0n) is 13.5. The molecule has 2 rings (SSSR count). The maximum absolute atomic E-state index is 10.1. The van der Waals surface area contributed by atoms with Crippen molar-refractivity contribution in [3.8, 4) is 11.5 Å². The van der Waals surface area contributed by atoms with Gasteiger partial charge in [-0.2, -0.15) is 0 Å². The Hall–Kier alpha value is -2.75. The first-order valence-electron chi connectivity index (χ1n) is 7.43. The lowest BCUT2D eigenvalue weighted by Crippen LogP contribution is -2.22. The van der Waals surface area contributed by atoms with E-state index in [9.17, 15) is 5.11 Å². The second kappa shape index (κ2) is 7.49. The molecule has 23 heavy (non-hydrogen) atoms. The van der Waals surface area contributed by atoms with Crippen LogP contribution in [-0.4, -0.2) is 17.9 Å². The number of allylic oxidation sites excluding steroid dienone is 1. The molecular formula is C19H22N2O2. The Bertz CT molecular complexity index is 710. The Labute approximate surface area is 136 Å². The quantitative estimate of drug-likeness (QED) is 0.677. The van der Waals surface area contributed by atoms with Crippen LogP contribution >= 0.6 is 0 Å². The molecule has 0 heterocycles. The Morgan fingerprint density at radius 1 is 1.26 bits per heavy atom. The lowest BCUT2D eigenvalue weighted by molar-refractivity contribution is 0.414. The first-order valence-corrected chi connectivity index (χ1v) is 7.43. The summed E-state index contributed by atoms with van der Waals surface area (Å²) in [7, 11) is 1.61. The summed E-state index contributed by atoms with van der Waals surface area (Å²) in [6, 6.07) is 14.4. The molecule has 2 aromatic rings. The molecule has 4 heteroatoms. The molecule has 0 saturated carbocycles. The highest BCUT2D eigenvalue weighted by atomic mass is 16.5. The van der Waals surface area contributed by atoms with E-state index in [1.54, 1.807) is 19.2 Å². The zero-order valence-corrected chi connectivity index (χ0v) is 13.5. The van der Waals surface area contributed by atoms with Gasteiger partial charge < -0.3 is 20.6 Å². The summed E-state index contributed by atoms with van der Waals surface area (Å²) in [6.07, 6.45) is 0.428. The van der Waals surface area contributed by atoms with Gasteiger partial charge in [-0.05, 0) is 30.7 Å². The highest BCUT2D eigenvalue weighted by Gasteiger charge is 2.18. The molecule has 0 aliphatic rings. The van der Waals surface area contributed by atoms with Gasteiger partial charge in [0.15, 0.2) is 0 Å². The number of hydrogen-bond acceptors (Lipinski definition) is 4. The van der Waals surface area contributed by atoms with Gasteiger partial charge in [0.05, 0.1) is 13.2 Å². The number of phenols is 1. The average Bonchev–Trinajstić information content (AvgIpc) is 2.54. The molecule has 0 aromatic heterocycles. The molecule has 2 aromatic carbocycles. The van der Waals surface area contributed by atoms with Crippen LogP contribution in [0, 0.1) is 5.41 Å². The number of ether oxygens (including phenoxy) is 1. The predicted molar refractivity (Wildman–Crippen MR) is 93.2 cm³/mol. The van der Waals surface area contributed by atoms with Crippen LogP contribution in [0.4, 0.5) is 0 Å². The topological polar surface area (TPSA) is 65.3 Å². The van der Waals surface area contributed by atoms with Gasteiger partial charge in [-0.3, -0.25) is 0 Å². The Balaban J connectivity index is 2.25. The fourth-order valence-electron chi connectivity index (χ4n) is 2.45. The van der Waals surface area contributed by atoms with Crippen LogP contribution in [0.2, 0.25) is 0 Å². The van der Waals surface area contributed by atoms with E-state index in [-0.39, 0.29) is 11.8 Å². The van der Waals surface area contributed by atoms with Crippen molar-refractivity contribution in [2.45, 2.75) is 19.4 Å². The van der Waals surface area contributed by atoms with E-state index in [4.69, 9.17) is 10.1 Å². The molecule has 4 nitrogen and oxygen atoms in total. The van der Waals surface area contributed by atoms with E-state index in [0.717, 1.165) is 22.6 Å². The molecular weight excluding hydrogens is 288 g/mol. The molecule has 0 saturated heterocycles. The molecule has 1 unspecified atom stereocenters. The minimum Gasteiger partial charge on any atom is -0.508 e. The third-order valence-corrected chi connectivity index (χ3v) is 3.56. The Morgan fingerprint density at radius 3 is 2.65 bits per heavy atom. The van der Waals surface area contributed by atoms with Crippen LogP contribution in [0.5, 0.6) is 11.5 Å². The minimum atomic E-state index is -0.215. The van der Waals surface area contributed by atoms with Crippen molar-refractivity contribution in [1.82, 2.24) is 5.32 Å². The summed E-state index contributed by atoms with van der Waals surface area (Å²) in [6.45, 7) is 5.74. The summed E-state index contributed by atoms with van der Waals surface area (Å²) in [5.41, 5.74) is 2.80. The second-order valence-corrected chi connectivity index (χ2v) is 5.45. The maximum Gasteiger partial charge on any atom is 0.120 e. The van der Waals surface area contributed by atoms with Crippen molar-refractivity contribution in [2.75, 3.05) is 7.11 Å². The van der Waals surface area contributed by atoms with Gasteiger partial charge in [0, 0.05) is 23.4 Å². The maximum atomic E-state index is 10.1. The van der Waals surface area contributed by atoms with E-state index in [2.05, 4.69) is 11.9 Å². The Kier molecular flexibility index (Phi) is 5.41. The summed E-state index contributed by atoms with van der Waals surface area (Å²) in [4.78, 5) is 0. The second-order valence-electron chi connectivity index (χ2n) is 5.45. The number of hydrogen-bond donors (Lipinski definition) is 3. The lowest BCUT2D eigenvalue weighted by atomic mass is 9.96. The largest absolute Gasteiger partial charge is 0.508 e. The summed E-state index contributed by atoms with van der Waals surface area (Å²) >= 11 is 0. The number of aromatic hydroxyl groups is 1. The van der Waals surface area contributed by atoms with E-state index in [1.807, 2.05) is 43.3 Å². The molecule has 120 valence electrons. The van der Waals surface area contributed by atoms with Crippen molar-refractivity contribution < 1.29 is 9.84 Å². The van der Waals surface area contributed by atoms with Gasteiger partial charge in [0.2, 0.25) is 0 Å². The highest BCUT2D eigenvalue weighted by Crippen LogP contribution is 2.28. The molecule has 0 aliphatic carbocycles. The number of benzene rings is 2. The highest BCUT2D eigenvalue weighted by molar-refractivity contribution is 5.99. The van der Waals surface area contributed by atoms with Crippen molar-refractivity contribution in [2.24, 2.45) is 0 Å². The fraction of sp³-hybridized carbons (Fsp3) is 0.211. The normalized spacial score (nSPS) is 11.6. The average molecular weight is 310 g/mol. The number of methoxy groups -OCH3 is 1. The number of rotatable bonds is 7. The summed E-state index contributed by atoms with van der Waals surface area (Å²) in [5.74, 6) is 0.934. The molecule has 3 N–H and O–H groups in total. The lowest BCUT2D eigenvalue weighted by Gasteiger charge is -2.22. The summed E-state index contributed by atoms with van der Waals surface area (Å²) in [5, 5.41) is 21.7. The van der Waals surface area contributed by atoms with E-state index in [0.29, 0.717) is 12.1 Å². The van der Waals surface area contributed by atoms with Crippen molar-refractivity contribution >= 4 is 5.71 Å².